The monoisotopic (exact) mass is 293 g/mol. The van der Waals surface area contributed by atoms with E-state index in [0.717, 1.165) is 0 Å². The first-order valence-corrected chi connectivity index (χ1v) is 6.30. The topological polar surface area (TPSA) is 52.3 Å². The van der Waals surface area contributed by atoms with Crippen LogP contribution in [0.4, 0.5) is 10.1 Å². The summed E-state index contributed by atoms with van der Waals surface area (Å²) in [5.41, 5.74) is 6.63. The highest BCUT2D eigenvalue weighted by Gasteiger charge is 2.15. The van der Waals surface area contributed by atoms with Crippen molar-refractivity contribution in [2.75, 3.05) is 12.8 Å². The molecule has 2 aromatic carbocycles. The lowest BCUT2D eigenvalue weighted by Crippen LogP contribution is -2.08. The van der Waals surface area contributed by atoms with Crippen LogP contribution in [0.25, 0.3) is 0 Å². The van der Waals surface area contributed by atoms with Gasteiger partial charge in [-0.1, -0.05) is 23.7 Å². The van der Waals surface area contributed by atoms with E-state index < -0.39 is 5.82 Å². The second kappa shape index (κ2) is 5.92. The number of rotatable bonds is 4. The fraction of sp³-hybridized carbons (Fsp3) is 0.133. The van der Waals surface area contributed by atoms with Crippen molar-refractivity contribution in [1.82, 2.24) is 0 Å². The number of nitrogen functional groups attached to an aromatic ring is 1. The second-order valence-electron chi connectivity index (χ2n) is 4.26. The molecule has 0 amide bonds. The van der Waals surface area contributed by atoms with E-state index in [0.29, 0.717) is 10.6 Å². The summed E-state index contributed by atoms with van der Waals surface area (Å²) in [6.07, 6.45) is -0.0884. The van der Waals surface area contributed by atoms with Gasteiger partial charge in [-0.05, 0) is 29.8 Å². The number of ketones is 1. The molecule has 0 atom stereocenters. The molecule has 5 heteroatoms. The van der Waals surface area contributed by atoms with Crippen molar-refractivity contribution in [2.45, 2.75) is 6.42 Å². The number of ether oxygens (including phenoxy) is 1. The Balaban J connectivity index is 2.28. The molecule has 0 aromatic heterocycles. The van der Waals surface area contributed by atoms with Crippen LogP contribution in [0.5, 0.6) is 5.75 Å². The fourth-order valence-electron chi connectivity index (χ4n) is 1.91. The van der Waals surface area contributed by atoms with E-state index in [9.17, 15) is 9.18 Å². The number of nitrogens with two attached hydrogens (primary N) is 1. The molecule has 20 heavy (non-hydrogen) atoms. The van der Waals surface area contributed by atoms with Crippen LogP contribution in [-0.2, 0) is 6.42 Å². The zero-order chi connectivity index (χ0) is 14.7. The molecule has 0 aliphatic heterocycles. The molecule has 104 valence electrons. The highest BCUT2D eigenvalue weighted by molar-refractivity contribution is 6.31. The number of Topliss-reactive ketones (excluding diaryl/α,β-unsaturated/α-hetero) is 1. The summed E-state index contributed by atoms with van der Waals surface area (Å²) in [6, 6.07) is 9.29. The maximum atomic E-state index is 14.0. The first-order valence-electron chi connectivity index (χ1n) is 5.92. The van der Waals surface area contributed by atoms with Crippen molar-refractivity contribution in [1.29, 1.82) is 0 Å². The zero-order valence-corrected chi connectivity index (χ0v) is 11.6. The zero-order valence-electron chi connectivity index (χ0n) is 10.8. The number of anilines is 1. The maximum Gasteiger partial charge on any atom is 0.169 e. The van der Waals surface area contributed by atoms with Crippen LogP contribution in [0, 0.1) is 5.82 Å². The summed E-state index contributed by atoms with van der Waals surface area (Å²) < 4.78 is 18.9. The van der Waals surface area contributed by atoms with Gasteiger partial charge in [-0.2, -0.15) is 0 Å². The quantitative estimate of drug-likeness (QED) is 0.693. The highest BCUT2D eigenvalue weighted by Crippen LogP contribution is 2.23. The fourth-order valence-corrected chi connectivity index (χ4v) is 2.09. The molecule has 0 spiro atoms. The van der Waals surface area contributed by atoms with E-state index in [1.807, 2.05) is 0 Å². The van der Waals surface area contributed by atoms with Gasteiger partial charge in [0, 0.05) is 22.7 Å². The number of hydrogen-bond donors (Lipinski definition) is 1. The molecule has 0 bridgehead atoms. The molecule has 0 unspecified atom stereocenters. The number of hydrogen-bond acceptors (Lipinski definition) is 3. The van der Waals surface area contributed by atoms with Crippen molar-refractivity contribution in [3.8, 4) is 5.75 Å². The van der Waals surface area contributed by atoms with Gasteiger partial charge in [-0.15, -0.1) is 0 Å². The van der Waals surface area contributed by atoms with Gasteiger partial charge < -0.3 is 10.5 Å². The second-order valence-corrected chi connectivity index (χ2v) is 4.70. The third kappa shape index (κ3) is 2.91. The van der Waals surface area contributed by atoms with Crippen molar-refractivity contribution in [3.63, 3.8) is 0 Å². The number of benzene rings is 2. The summed E-state index contributed by atoms with van der Waals surface area (Å²) in [6.45, 7) is 0. The largest absolute Gasteiger partial charge is 0.494 e. The Morgan fingerprint density at radius 1 is 1.35 bits per heavy atom. The predicted molar refractivity (Wildman–Crippen MR) is 76.9 cm³/mol. The SMILES string of the molecule is COc1cccc(CC(=O)c2ccc(Cl)cc2N)c1F. The summed E-state index contributed by atoms with van der Waals surface area (Å²) in [5, 5.41) is 0.451. The first kappa shape index (κ1) is 14.3. The van der Waals surface area contributed by atoms with Crippen molar-refractivity contribution in [3.05, 3.63) is 58.4 Å². The summed E-state index contributed by atoms with van der Waals surface area (Å²) in [7, 11) is 1.38. The van der Waals surface area contributed by atoms with Crippen molar-refractivity contribution in [2.24, 2.45) is 0 Å². The molecule has 0 aliphatic rings. The smallest absolute Gasteiger partial charge is 0.169 e. The van der Waals surface area contributed by atoms with Gasteiger partial charge in [0.25, 0.3) is 0 Å². The van der Waals surface area contributed by atoms with E-state index in [4.69, 9.17) is 22.1 Å². The molecule has 2 rings (SSSR count). The van der Waals surface area contributed by atoms with E-state index in [-0.39, 0.29) is 29.2 Å². The van der Waals surface area contributed by atoms with Crippen LogP contribution in [0.3, 0.4) is 0 Å². The number of carbonyl (C=O) groups is 1. The van der Waals surface area contributed by atoms with Gasteiger partial charge in [0.2, 0.25) is 0 Å². The number of methoxy groups -OCH3 is 1. The Bertz CT molecular complexity index is 658. The molecule has 0 fully saturated rings. The minimum atomic E-state index is -0.532. The van der Waals surface area contributed by atoms with E-state index in [1.54, 1.807) is 18.2 Å². The Labute approximate surface area is 121 Å². The minimum Gasteiger partial charge on any atom is -0.494 e. The van der Waals surface area contributed by atoms with E-state index in [1.165, 1.54) is 25.3 Å². The summed E-state index contributed by atoms with van der Waals surface area (Å²) in [5.74, 6) is -0.693. The van der Waals surface area contributed by atoms with Crippen LogP contribution >= 0.6 is 11.6 Å². The normalized spacial score (nSPS) is 10.3. The summed E-state index contributed by atoms with van der Waals surface area (Å²) >= 11 is 5.78. The molecular formula is C15H13ClFNO2. The standard InChI is InChI=1S/C15H13ClFNO2/c1-20-14-4-2-3-9(15(14)17)7-13(19)11-6-5-10(16)8-12(11)18/h2-6,8H,7,18H2,1H3. The maximum absolute atomic E-state index is 14.0. The first-order chi connectivity index (χ1) is 9.52. The van der Waals surface area contributed by atoms with Gasteiger partial charge in [-0.3, -0.25) is 4.79 Å². The molecule has 0 saturated carbocycles. The molecule has 2 aromatic rings. The van der Waals surface area contributed by atoms with E-state index >= 15 is 0 Å². The lowest BCUT2D eigenvalue weighted by atomic mass is 10.0. The molecular weight excluding hydrogens is 281 g/mol. The predicted octanol–water partition coefficient (Wildman–Crippen LogP) is 3.50. The van der Waals surface area contributed by atoms with Crippen LogP contribution in [0.1, 0.15) is 15.9 Å². The molecule has 0 saturated heterocycles. The Morgan fingerprint density at radius 3 is 2.75 bits per heavy atom. The highest BCUT2D eigenvalue weighted by atomic mass is 35.5. The number of halogens is 2. The Kier molecular flexibility index (Phi) is 4.25. The molecule has 0 heterocycles. The van der Waals surface area contributed by atoms with Gasteiger partial charge in [0.1, 0.15) is 0 Å². The lowest BCUT2D eigenvalue weighted by Gasteiger charge is -2.08. The van der Waals surface area contributed by atoms with E-state index in [2.05, 4.69) is 0 Å². The van der Waals surface area contributed by atoms with Crippen LogP contribution in [0.15, 0.2) is 36.4 Å². The van der Waals surface area contributed by atoms with Crippen molar-refractivity contribution < 1.29 is 13.9 Å². The third-order valence-electron chi connectivity index (χ3n) is 2.93. The average Bonchev–Trinajstić information content (AvgIpc) is 2.41. The van der Waals surface area contributed by atoms with Gasteiger partial charge >= 0.3 is 0 Å². The third-order valence-corrected chi connectivity index (χ3v) is 3.16. The minimum absolute atomic E-state index is 0.0884. The van der Waals surface area contributed by atoms with Gasteiger partial charge in [-0.25, -0.2) is 4.39 Å². The van der Waals surface area contributed by atoms with Gasteiger partial charge in [0.15, 0.2) is 17.3 Å². The van der Waals surface area contributed by atoms with Gasteiger partial charge in [0.05, 0.1) is 7.11 Å². The van der Waals surface area contributed by atoms with Crippen LogP contribution < -0.4 is 10.5 Å². The molecule has 2 N–H and O–H groups in total. The number of carbonyl (C=O) groups excluding carboxylic acids is 1. The Morgan fingerprint density at radius 2 is 2.10 bits per heavy atom. The van der Waals surface area contributed by atoms with Crippen LogP contribution in [0.2, 0.25) is 5.02 Å². The molecule has 0 radical (unpaired) electrons. The lowest BCUT2D eigenvalue weighted by molar-refractivity contribution is 0.0992. The van der Waals surface area contributed by atoms with Crippen molar-refractivity contribution >= 4 is 23.1 Å². The molecule has 3 nitrogen and oxygen atoms in total. The van der Waals surface area contributed by atoms with Crippen LogP contribution in [-0.4, -0.2) is 12.9 Å². The average molecular weight is 294 g/mol. The molecule has 0 aliphatic carbocycles. The summed E-state index contributed by atoms with van der Waals surface area (Å²) in [4.78, 5) is 12.2. The Hall–Kier alpha value is -2.07.